The molecule has 0 unspecified atom stereocenters. The van der Waals surface area contributed by atoms with Gasteiger partial charge in [-0.25, -0.2) is 0 Å². The van der Waals surface area contributed by atoms with Gasteiger partial charge in [-0.1, -0.05) is 27.2 Å². The number of nitrogens with zero attached hydrogens (tertiary/aromatic N) is 2. The van der Waals surface area contributed by atoms with Gasteiger partial charge in [0.25, 0.3) is 0 Å². The number of hydrogen-bond donors (Lipinski definition) is 1. The highest BCUT2D eigenvalue weighted by Crippen LogP contribution is 2.46. The van der Waals surface area contributed by atoms with E-state index in [0.717, 1.165) is 31.4 Å². The third-order valence-corrected chi connectivity index (χ3v) is 4.87. The fourth-order valence-corrected chi connectivity index (χ4v) is 2.96. The Hall–Kier alpha value is -0.960. The van der Waals surface area contributed by atoms with Gasteiger partial charge in [0.2, 0.25) is 0 Å². The molecule has 1 N–H and O–H groups in total. The highest BCUT2D eigenvalue weighted by molar-refractivity contribution is 5.09. The molecule has 0 aromatic carbocycles. The smallest absolute Gasteiger partial charge is 0.108 e. The van der Waals surface area contributed by atoms with Crippen molar-refractivity contribution in [2.45, 2.75) is 58.5 Å². The first kappa shape index (κ1) is 13.5. The fraction of sp³-hybridized carbons (Fsp3) is 0.733. The molecular formula is C15H24N2O. The predicted molar refractivity (Wildman–Crippen MR) is 72.0 cm³/mol. The Kier molecular flexibility index (Phi) is 3.71. The number of aromatic nitrogens is 2. The van der Waals surface area contributed by atoms with E-state index in [1.807, 2.05) is 0 Å². The summed E-state index contributed by atoms with van der Waals surface area (Å²) >= 11 is 0. The quantitative estimate of drug-likeness (QED) is 0.892. The molecule has 1 aliphatic rings. The van der Waals surface area contributed by atoms with Gasteiger partial charge in [-0.3, -0.25) is 9.97 Å². The van der Waals surface area contributed by atoms with Crippen molar-refractivity contribution in [3.05, 3.63) is 24.3 Å². The maximum Gasteiger partial charge on any atom is 0.108 e. The van der Waals surface area contributed by atoms with Crippen LogP contribution in [0, 0.1) is 11.3 Å². The van der Waals surface area contributed by atoms with Crippen LogP contribution >= 0.6 is 0 Å². The Morgan fingerprint density at radius 1 is 1.33 bits per heavy atom. The molecule has 1 fully saturated rings. The molecule has 0 spiro atoms. The van der Waals surface area contributed by atoms with Crippen LogP contribution in [0.1, 0.15) is 58.6 Å². The lowest BCUT2D eigenvalue weighted by Crippen LogP contribution is -2.36. The Bertz CT molecular complexity index is 381. The molecule has 3 heteroatoms. The topological polar surface area (TPSA) is 46.0 Å². The average Bonchev–Trinajstić information content (AvgIpc) is 2.40. The van der Waals surface area contributed by atoms with Crippen LogP contribution in [0.5, 0.6) is 0 Å². The van der Waals surface area contributed by atoms with Gasteiger partial charge in [0.15, 0.2) is 0 Å². The van der Waals surface area contributed by atoms with Crippen LogP contribution in [0.4, 0.5) is 0 Å². The zero-order valence-corrected chi connectivity index (χ0v) is 11.7. The predicted octanol–water partition coefficient (Wildman–Crippen LogP) is 3.29. The monoisotopic (exact) mass is 248 g/mol. The lowest BCUT2D eigenvalue weighted by atomic mass is 9.66. The van der Waals surface area contributed by atoms with Crippen LogP contribution in [0.2, 0.25) is 0 Å². The van der Waals surface area contributed by atoms with Crippen molar-refractivity contribution in [3.63, 3.8) is 0 Å². The Labute approximate surface area is 110 Å². The van der Waals surface area contributed by atoms with E-state index < -0.39 is 5.60 Å². The van der Waals surface area contributed by atoms with Crippen molar-refractivity contribution in [2.75, 3.05) is 0 Å². The average molecular weight is 248 g/mol. The molecule has 0 radical (unpaired) electrons. The largest absolute Gasteiger partial charge is 0.383 e. The van der Waals surface area contributed by atoms with E-state index >= 15 is 0 Å². The molecule has 1 saturated carbocycles. The molecule has 0 amide bonds. The van der Waals surface area contributed by atoms with Crippen molar-refractivity contribution in [1.82, 2.24) is 9.97 Å². The summed E-state index contributed by atoms with van der Waals surface area (Å²) in [5.41, 5.74) is 0.357. The van der Waals surface area contributed by atoms with E-state index in [1.165, 1.54) is 6.42 Å². The Balaban J connectivity index is 2.06. The summed E-state index contributed by atoms with van der Waals surface area (Å²) in [5.74, 6) is 0.708. The SMILES string of the molecule is CCC(C)(C)C1CCC(O)(c2cnccn2)CC1. The number of rotatable bonds is 3. The van der Waals surface area contributed by atoms with Crippen LogP contribution < -0.4 is 0 Å². The van der Waals surface area contributed by atoms with Gasteiger partial charge < -0.3 is 5.11 Å². The van der Waals surface area contributed by atoms with E-state index in [1.54, 1.807) is 18.6 Å². The van der Waals surface area contributed by atoms with Crippen molar-refractivity contribution < 1.29 is 5.11 Å². The molecule has 0 bridgehead atoms. The summed E-state index contributed by atoms with van der Waals surface area (Å²) < 4.78 is 0. The van der Waals surface area contributed by atoms with Crippen molar-refractivity contribution in [1.29, 1.82) is 0 Å². The molecule has 0 aliphatic heterocycles. The molecule has 0 atom stereocenters. The summed E-state index contributed by atoms with van der Waals surface area (Å²) in [6.45, 7) is 6.93. The van der Waals surface area contributed by atoms with Gasteiger partial charge in [-0.2, -0.15) is 0 Å². The normalized spacial score (nSPS) is 29.2. The van der Waals surface area contributed by atoms with E-state index in [0.29, 0.717) is 11.3 Å². The van der Waals surface area contributed by atoms with Crippen LogP contribution in [0.25, 0.3) is 0 Å². The summed E-state index contributed by atoms with van der Waals surface area (Å²) in [7, 11) is 0. The maximum absolute atomic E-state index is 10.7. The zero-order valence-electron chi connectivity index (χ0n) is 11.7. The molecule has 18 heavy (non-hydrogen) atoms. The number of hydrogen-bond acceptors (Lipinski definition) is 3. The van der Waals surface area contributed by atoms with Gasteiger partial charge in [-0.05, 0) is 37.0 Å². The van der Waals surface area contributed by atoms with Gasteiger partial charge in [-0.15, -0.1) is 0 Å². The molecule has 1 aromatic heterocycles. The third kappa shape index (κ3) is 2.56. The van der Waals surface area contributed by atoms with Crippen LogP contribution in [-0.4, -0.2) is 15.1 Å². The molecule has 3 nitrogen and oxygen atoms in total. The maximum atomic E-state index is 10.7. The van der Waals surface area contributed by atoms with E-state index in [4.69, 9.17) is 0 Å². The first-order valence-electron chi connectivity index (χ1n) is 6.97. The second kappa shape index (κ2) is 4.96. The summed E-state index contributed by atoms with van der Waals surface area (Å²) in [5, 5.41) is 10.7. The summed E-state index contributed by atoms with van der Waals surface area (Å²) in [6.07, 6.45) is 9.97. The van der Waals surface area contributed by atoms with Gasteiger partial charge in [0, 0.05) is 12.4 Å². The second-order valence-electron chi connectivity index (χ2n) is 6.24. The molecule has 2 rings (SSSR count). The van der Waals surface area contributed by atoms with Crippen molar-refractivity contribution in [2.24, 2.45) is 11.3 Å². The lowest BCUT2D eigenvalue weighted by molar-refractivity contribution is -0.0362. The van der Waals surface area contributed by atoms with E-state index in [9.17, 15) is 5.11 Å². The first-order chi connectivity index (χ1) is 8.48. The molecular weight excluding hydrogens is 224 g/mol. The number of aliphatic hydroxyl groups is 1. The summed E-state index contributed by atoms with van der Waals surface area (Å²) in [4.78, 5) is 8.34. The third-order valence-electron chi connectivity index (χ3n) is 4.87. The molecule has 1 heterocycles. The molecule has 0 saturated heterocycles. The lowest BCUT2D eigenvalue weighted by Gasteiger charge is -2.42. The summed E-state index contributed by atoms with van der Waals surface area (Å²) in [6, 6.07) is 0. The van der Waals surface area contributed by atoms with Crippen molar-refractivity contribution >= 4 is 0 Å². The van der Waals surface area contributed by atoms with Crippen molar-refractivity contribution in [3.8, 4) is 0 Å². The van der Waals surface area contributed by atoms with Crippen LogP contribution in [0.3, 0.4) is 0 Å². The first-order valence-corrected chi connectivity index (χ1v) is 6.97. The minimum absolute atomic E-state index is 0.379. The highest BCUT2D eigenvalue weighted by Gasteiger charge is 2.40. The van der Waals surface area contributed by atoms with E-state index in [2.05, 4.69) is 30.7 Å². The molecule has 100 valence electrons. The minimum atomic E-state index is -0.755. The Morgan fingerprint density at radius 3 is 2.50 bits per heavy atom. The zero-order chi connectivity index (χ0) is 13.2. The fourth-order valence-electron chi connectivity index (χ4n) is 2.96. The second-order valence-corrected chi connectivity index (χ2v) is 6.24. The van der Waals surface area contributed by atoms with Crippen LogP contribution in [0.15, 0.2) is 18.6 Å². The van der Waals surface area contributed by atoms with Gasteiger partial charge >= 0.3 is 0 Å². The van der Waals surface area contributed by atoms with Crippen LogP contribution in [-0.2, 0) is 5.60 Å². The minimum Gasteiger partial charge on any atom is -0.383 e. The van der Waals surface area contributed by atoms with Gasteiger partial charge in [0.1, 0.15) is 5.60 Å². The highest BCUT2D eigenvalue weighted by atomic mass is 16.3. The van der Waals surface area contributed by atoms with Gasteiger partial charge in [0.05, 0.1) is 11.9 Å². The standard InChI is InChI=1S/C15H24N2O/c1-4-14(2,3)12-5-7-15(18,8-6-12)13-11-16-9-10-17-13/h9-12,18H,4-8H2,1-3H3. The van der Waals surface area contributed by atoms with E-state index in [-0.39, 0.29) is 0 Å². The Morgan fingerprint density at radius 2 is 2.00 bits per heavy atom. The molecule has 1 aromatic rings. The molecule has 1 aliphatic carbocycles.